The number of ether oxygens (including phenoxy) is 1. The van der Waals surface area contributed by atoms with Crippen molar-refractivity contribution < 1.29 is 24.5 Å². The van der Waals surface area contributed by atoms with Gasteiger partial charge in [0.25, 0.3) is 5.91 Å². The molecule has 19 heavy (non-hydrogen) atoms. The van der Waals surface area contributed by atoms with Crippen molar-refractivity contribution in [3.63, 3.8) is 0 Å². The SMILES string of the molecule is O=C(OCC(=O)N(CCO)CCO)c1ccccc1. The molecule has 0 atom stereocenters. The molecule has 1 aromatic carbocycles. The second-order valence-corrected chi connectivity index (χ2v) is 3.77. The molecule has 0 radical (unpaired) electrons. The summed E-state index contributed by atoms with van der Waals surface area (Å²) in [6, 6.07) is 8.34. The molecule has 0 saturated heterocycles. The number of rotatable bonds is 7. The number of benzene rings is 1. The maximum atomic E-state index is 11.7. The number of hydrogen-bond donors (Lipinski definition) is 2. The van der Waals surface area contributed by atoms with Crippen molar-refractivity contribution in [2.45, 2.75) is 0 Å². The van der Waals surface area contributed by atoms with Gasteiger partial charge in [0, 0.05) is 13.1 Å². The van der Waals surface area contributed by atoms with Crippen LogP contribution in [0, 0.1) is 0 Å². The van der Waals surface area contributed by atoms with Gasteiger partial charge < -0.3 is 19.8 Å². The average molecular weight is 267 g/mol. The number of aliphatic hydroxyl groups is 2. The third kappa shape index (κ3) is 5.07. The first-order chi connectivity index (χ1) is 9.19. The maximum absolute atomic E-state index is 11.7. The van der Waals surface area contributed by atoms with E-state index in [1.807, 2.05) is 0 Å². The summed E-state index contributed by atoms with van der Waals surface area (Å²) in [4.78, 5) is 24.5. The smallest absolute Gasteiger partial charge is 0.338 e. The van der Waals surface area contributed by atoms with Gasteiger partial charge in [-0.05, 0) is 12.1 Å². The predicted molar refractivity (Wildman–Crippen MR) is 67.5 cm³/mol. The summed E-state index contributed by atoms with van der Waals surface area (Å²) < 4.78 is 4.87. The zero-order valence-corrected chi connectivity index (χ0v) is 10.5. The fourth-order valence-corrected chi connectivity index (χ4v) is 1.48. The molecule has 1 aromatic rings. The molecule has 1 rings (SSSR count). The molecule has 0 aliphatic rings. The monoisotopic (exact) mass is 267 g/mol. The molecule has 2 N–H and O–H groups in total. The van der Waals surface area contributed by atoms with Crippen LogP contribution < -0.4 is 0 Å². The van der Waals surface area contributed by atoms with Crippen molar-refractivity contribution in [1.29, 1.82) is 0 Å². The van der Waals surface area contributed by atoms with E-state index < -0.39 is 18.5 Å². The average Bonchev–Trinajstić information content (AvgIpc) is 2.45. The second kappa shape index (κ2) is 8.23. The summed E-state index contributed by atoms with van der Waals surface area (Å²) >= 11 is 0. The lowest BCUT2D eigenvalue weighted by Gasteiger charge is -2.20. The highest BCUT2D eigenvalue weighted by Crippen LogP contribution is 2.01. The number of hydrogen-bond acceptors (Lipinski definition) is 5. The van der Waals surface area contributed by atoms with Crippen LogP contribution in [0.4, 0.5) is 0 Å². The van der Waals surface area contributed by atoms with Crippen molar-refractivity contribution in [2.24, 2.45) is 0 Å². The van der Waals surface area contributed by atoms with Gasteiger partial charge in [0.15, 0.2) is 6.61 Å². The van der Waals surface area contributed by atoms with E-state index in [9.17, 15) is 9.59 Å². The summed E-state index contributed by atoms with van der Waals surface area (Å²) in [5.74, 6) is -1.03. The third-order valence-electron chi connectivity index (χ3n) is 2.43. The number of carbonyl (C=O) groups excluding carboxylic acids is 2. The molecule has 0 aliphatic carbocycles. The second-order valence-electron chi connectivity index (χ2n) is 3.77. The Kier molecular flexibility index (Phi) is 6.56. The van der Waals surface area contributed by atoms with Gasteiger partial charge >= 0.3 is 5.97 Å². The zero-order valence-electron chi connectivity index (χ0n) is 10.5. The highest BCUT2D eigenvalue weighted by Gasteiger charge is 2.15. The Balaban J connectivity index is 2.46. The minimum Gasteiger partial charge on any atom is -0.452 e. The minimum absolute atomic E-state index is 0.0995. The van der Waals surface area contributed by atoms with E-state index in [0.717, 1.165) is 0 Å². The van der Waals surface area contributed by atoms with Crippen LogP contribution in [0.3, 0.4) is 0 Å². The van der Waals surface area contributed by atoms with Gasteiger partial charge in [-0.15, -0.1) is 0 Å². The Morgan fingerprint density at radius 3 is 2.16 bits per heavy atom. The molecule has 0 fully saturated rings. The fraction of sp³-hybridized carbons (Fsp3) is 0.385. The molecule has 1 amide bonds. The Morgan fingerprint density at radius 2 is 1.63 bits per heavy atom. The largest absolute Gasteiger partial charge is 0.452 e. The lowest BCUT2D eigenvalue weighted by molar-refractivity contribution is -0.135. The standard InChI is InChI=1S/C13H17NO5/c15-8-6-14(7-9-16)12(17)10-19-13(18)11-4-2-1-3-5-11/h1-5,15-16H,6-10H2. The quantitative estimate of drug-likeness (QED) is 0.660. The molecule has 0 bridgehead atoms. The number of nitrogens with zero attached hydrogens (tertiary/aromatic N) is 1. The molecular weight excluding hydrogens is 250 g/mol. The number of carbonyl (C=O) groups is 2. The molecule has 6 nitrogen and oxygen atoms in total. The summed E-state index contributed by atoms with van der Waals surface area (Å²) in [6.45, 7) is -0.630. The van der Waals surface area contributed by atoms with Gasteiger partial charge in [-0.25, -0.2) is 4.79 Å². The highest BCUT2D eigenvalue weighted by molar-refractivity contribution is 5.91. The van der Waals surface area contributed by atoms with Gasteiger partial charge in [0.1, 0.15) is 0 Å². The number of amides is 1. The van der Waals surface area contributed by atoms with E-state index in [1.165, 1.54) is 4.90 Å². The van der Waals surface area contributed by atoms with E-state index in [0.29, 0.717) is 5.56 Å². The first-order valence-corrected chi connectivity index (χ1v) is 5.90. The van der Waals surface area contributed by atoms with Crippen LogP contribution in [0.5, 0.6) is 0 Å². The molecule has 0 unspecified atom stereocenters. The molecule has 104 valence electrons. The minimum atomic E-state index is -0.582. The molecule has 0 spiro atoms. The molecule has 0 saturated carbocycles. The Hall–Kier alpha value is -1.92. The van der Waals surface area contributed by atoms with Crippen LogP contribution in [0.2, 0.25) is 0 Å². The van der Waals surface area contributed by atoms with Gasteiger partial charge in [-0.2, -0.15) is 0 Å². The van der Waals surface area contributed by atoms with Gasteiger partial charge in [-0.1, -0.05) is 18.2 Å². The van der Waals surface area contributed by atoms with E-state index in [1.54, 1.807) is 30.3 Å². The van der Waals surface area contributed by atoms with Crippen molar-refractivity contribution in [2.75, 3.05) is 32.9 Å². The van der Waals surface area contributed by atoms with Gasteiger partial charge in [0.2, 0.25) is 0 Å². The Bertz CT molecular complexity index is 401. The summed E-state index contributed by atoms with van der Waals surface area (Å²) in [6.07, 6.45) is 0. The molecule has 6 heteroatoms. The summed E-state index contributed by atoms with van der Waals surface area (Å²) in [5.41, 5.74) is 0.367. The Labute approximate surface area is 111 Å². The fourth-order valence-electron chi connectivity index (χ4n) is 1.48. The topological polar surface area (TPSA) is 87.1 Å². The summed E-state index contributed by atoms with van der Waals surface area (Å²) in [5, 5.41) is 17.6. The van der Waals surface area contributed by atoms with Crippen molar-refractivity contribution in [3.05, 3.63) is 35.9 Å². The number of aliphatic hydroxyl groups excluding tert-OH is 2. The summed E-state index contributed by atoms with van der Waals surface area (Å²) in [7, 11) is 0. The Morgan fingerprint density at radius 1 is 1.05 bits per heavy atom. The normalized spacial score (nSPS) is 10.0. The van der Waals surface area contributed by atoms with E-state index in [-0.39, 0.29) is 26.3 Å². The van der Waals surface area contributed by atoms with Crippen LogP contribution in [-0.2, 0) is 9.53 Å². The lowest BCUT2D eigenvalue weighted by Crippen LogP contribution is -2.38. The first kappa shape index (κ1) is 15.1. The molecular formula is C13H17NO5. The highest BCUT2D eigenvalue weighted by atomic mass is 16.5. The number of esters is 1. The van der Waals surface area contributed by atoms with Crippen molar-refractivity contribution in [3.8, 4) is 0 Å². The molecule has 0 heterocycles. The molecule has 0 aliphatic heterocycles. The maximum Gasteiger partial charge on any atom is 0.338 e. The van der Waals surface area contributed by atoms with Crippen LogP contribution >= 0.6 is 0 Å². The van der Waals surface area contributed by atoms with E-state index in [4.69, 9.17) is 14.9 Å². The first-order valence-electron chi connectivity index (χ1n) is 5.90. The van der Waals surface area contributed by atoms with Crippen molar-refractivity contribution >= 4 is 11.9 Å². The molecule has 0 aromatic heterocycles. The third-order valence-corrected chi connectivity index (χ3v) is 2.43. The zero-order chi connectivity index (χ0) is 14.1. The van der Waals surface area contributed by atoms with Gasteiger partial charge in [-0.3, -0.25) is 4.79 Å². The van der Waals surface area contributed by atoms with Crippen LogP contribution in [0.25, 0.3) is 0 Å². The van der Waals surface area contributed by atoms with E-state index >= 15 is 0 Å². The van der Waals surface area contributed by atoms with Crippen LogP contribution in [-0.4, -0.2) is 59.9 Å². The predicted octanol–water partition coefficient (Wildman–Crippen LogP) is -0.343. The van der Waals surface area contributed by atoms with Gasteiger partial charge in [0.05, 0.1) is 18.8 Å². The van der Waals surface area contributed by atoms with E-state index in [2.05, 4.69) is 0 Å². The lowest BCUT2D eigenvalue weighted by atomic mass is 10.2. The van der Waals surface area contributed by atoms with Crippen molar-refractivity contribution in [1.82, 2.24) is 4.90 Å². The van der Waals surface area contributed by atoms with Crippen LogP contribution in [0.1, 0.15) is 10.4 Å². The van der Waals surface area contributed by atoms with Crippen LogP contribution in [0.15, 0.2) is 30.3 Å².